The first-order chi connectivity index (χ1) is 9.60. The Labute approximate surface area is 118 Å². The minimum absolute atomic E-state index is 0.0932. The molecule has 1 saturated carbocycles. The van der Waals surface area contributed by atoms with Crippen LogP contribution in [0.15, 0.2) is 18.2 Å². The molecule has 0 spiro atoms. The highest BCUT2D eigenvalue weighted by Crippen LogP contribution is 2.34. The molecule has 0 atom stereocenters. The van der Waals surface area contributed by atoms with Crippen LogP contribution in [0.1, 0.15) is 48.5 Å². The summed E-state index contributed by atoms with van der Waals surface area (Å²) < 4.78 is 13.3. The third-order valence-corrected chi connectivity index (χ3v) is 3.92. The second-order valence-corrected chi connectivity index (χ2v) is 5.14. The Bertz CT molecular complexity index is 562. The Morgan fingerprint density at radius 1 is 1.50 bits per heavy atom. The molecule has 1 amide bonds. The average Bonchev–Trinajstić information content (AvgIpc) is 2.40. The Kier molecular flexibility index (Phi) is 4.41. The molecule has 0 heterocycles. The van der Waals surface area contributed by atoms with Crippen LogP contribution in [0.25, 0.3) is 0 Å². The number of amides is 1. The summed E-state index contributed by atoms with van der Waals surface area (Å²) in [5, 5.41) is 3.07. The molecule has 1 fully saturated rings. The second kappa shape index (κ2) is 6.06. The highest BCUT2D eigenvalue weighted by atomic mass is 19.1. The quantitative estimate of drug-likeness (QED) is 0.830. The van der Waals surface area contributed by atoms with Gasteiger partial charge in [0.15, 0.2) is 0 Å². The molecule has 1 aliphatic rings. The van der Waals surface area contributed by atoms with Crippen LogP contribution in [-0.4, -0.2) is 18.0 Å². The summed E-state index contributed by atoms with van der Waals surface area (Å²) >= 11 is 0. The smallest absolute Gasteiger partial charge is 0.252 e. The van der Waals surface area contributed by atoms with Crippen LogP contribution in [0.4, 0.5) is 4.39 Å². The number of hydrogen-bond acceptors (Lipinski definition) is 2. The summed E-state index contributed by atoms with van der Waals surface area (Å²) in [5.74, 6) is 4.83. The zero-order valence-corrected chi connectivity index (χ0v) is 11.6. The van der Waals surface area contributed by atoms with E-state index in [1.807, 2.05) is 0 Å². The Morgan fingerprint density at radius 2 is 2.25 bits per heavy atom. The molecule has 1 aliphatic carbocycles. The van der Waals surface area contributed by atoms with Crippen molar-refractivity contribution in [2.45, 2.75) is 38.1 Å². The first-order valence-corrected chi connectivity index (χ1v) is 6.91. The molecule has 0 aliphatic heterocycles. The van der Waals surface area contributed by atoms with Gasteiger partial charge in [-0.3, -0.25) is 4.79 Å². The Morgan fingerprint density at radius 3 is 2.80 bits per heavy atom. The molecule has 3 N–H and O–H groups in total. The maximum Gasteiger partial charge on any atom is 0.252 e. The van der Waals surface area contributed by atoms with Gasteiger partial charge in [-0.25, -0.2) is 4.39 Å². The molecule has 2 rings (SSSR count). The van der Waals surface area contributed by atoms with Gasteiger partial charge >= 0.3 is 0 Å². The van der Waals surface area contributed by atoms with E-state index in [9.17, 15) is 9.18 Å². The molecule has 0 unspecified atom stereocenters. The maximum absolute atomic E-state index is 13.3. The zero-order chi connectivity index (χ0) is 14.6. The minimum Gasteiger partial charge on any atom is -0.347 e. The van der Waals surface area contributed by atoms with E-state index in [1.54, 1.807) is 0 Å². The molecule has 0 radical (unpaired) electrons. The van der Waals surface area contributed by atoms with E-state index in [2.05, 4.69) is 24.1 Å². The van der Waals surface area contributed by atoms with Crippen molar-refractivity contribution in [3.63, 3.8) is 0 Å². The van der Waals surface area contributed by atoms with Crippen LogP contribution in [0.3, 0.4) is 0 Å². The predicted octanol–water partition coefficient (Wildman–Crippen LogP) is 2.20. The van der Waals surface area contributed by atoms with Crippen LogP contribution in [0.2, 0.25) is 0 Å². The Hall–Kier alpha value is -1.86. The summed E-state index contributed by atoms with van der Waals surface area (Å²) in [6, 6.07) is 4.03. The Balaban J connectivity index is 2.25. The highest BCUT2D eigenvalue weighted by molar-refractivity contribution is 5.97. The average molecular weight is 274 g/mol. The van der Waals surface area contributed by atoms with Crippen LogP contribution < -0.4 is 11.1 Å². The van der Waals surface area contributed by atoms with Gasteiger partial charge in [0, 0.05) is 11.1 Å². The van der Waals surface area contributed by atoms with Crippen LogP contribution in [0, 0.1) is 17.7 Å². The third-order valence-electron chi connectivity index (χ3n) is 3.92. The third kappa shape index (κ3) is 3.00. The minimum atomic E-state index is -0.406. The predicted molar refractivity (Wildman–Crippen MR) is 76.7 cm³/mol. The number of benzene rings is 1. The van der Waals surface area contributed by atoms with Gasteiger partial charge in [0.25, 0.3) is 5.91 Å². The van der Waals surface area contributed by atoms with Crippen LogP contribution in [-0.2, 0) is 0 Å². The van der Waals surface area contributed by atoms with Gasteiger partial charge in [-0.15, -0.1) is 0 Å². The van der Waals surface area contributed by atoms with Crippen LogP contribution in [0.5, 0.6) is 0 Å². The summed E-state index contributed by atoms with van der Waals surface area (Å²) in [5.41, 5.74) is 6.03. The van der Waals surface area contributed by atoms with Crippen molar-refractivity contribution in [1.82, 2.24) is 5.32 Å². The fraction of sp³-hybridized carbons (Fsp3) is 0.438. The van der Waals surface area contributed by atoms with Gasteiger partial charge in [0.1, 0.15) is 5.82 Å². The topological polar surface area (TPSA) is 55.1 Å². The normalized spacial score (nSPS) is 15.8. The zero-order valence-electron chi connectivity index (χ0n) is 11.6. The molecule has 0 bridgehead atoms. The first-order valence-electron chi connectivity index (χ1n) is 6.91. The monoisotopic (exact) mass is 274 g/mol. The molecule has 1 aromatic rings. The number of nitrogens with one attached hydrogen (secondary N) is 1. The standard InChI is InChI=1S/C16H19FN2O/c1-2-16(8-4-9-16)19-15(20)14-7-6-13(17)11-12(14)5-3-10-18/h6-7,11H,2,4,8-10,18H2,1H3,(H,19,20). The number of carbonyl (C=O) groups excluding carboxylic acids is 1. The lowest BCUT2D eigenvalue weighted by Crippen LogP contribution is -2.53. The van der Waals surface area contributed by atoms with Crippen molar-refractivity contribution in [3.8, 4) is 11.8 Å². The molecular weight excluding hydrogens is 255 g/mol. The van der Waals surface area contributed by atoms with Crippen molar-refractivity contribution in [3.05, 3.63) is 35.1 Å². The molecule has 0 saturated heterocycles. The summed E-state index contributed by atoms with van der Waals surface area (Å²) in [4.78, 5) is 12.4. The van der Waals surface area contributed by atoms with Crippen molar-refractivity contribution < 1.29 is 9.18 Å². The largest absolute Gasteiger partial charge is 0.347 e. The van der Waals surface area contributed by atoms with Gasteiger partial charge in [0.05, 0.1) is 12.1 Å². The molecule has 0 aromatic heterocycles. The van der Waals surface area contributed by atoms with Gasteiger partial charge < -0.3 is 11.1 Å². The summed E-state index contributed by atoms with van der Waals surface area (Å²) in [6.45, 7) is 2.25. The van der Waals surface area contributed by atoms with E-state index in [1.165, 1.54) is 18.2 Å². The van der Waals surface area contributed by atoms with Crippen molar-refractivity contribution >= 4 is 5.91 Å². The number of carbonyl (C=O) groups is 1. The SMILES string of the molecule is CCC1(NC(=O)c2ccc(F)cc2C#CCN)CCC1. The maximum atomic E-state index is 13.3. The lowest BCUT2D eigenvalue weighted by molar-refractivity contribution is 0.0820. The van der Waals surface area contributed by atoms with E-state index in [-0.39, 0.29) is 18.0 Å². The first kappa shape index (κ1) is 14.5. The van der Waals surface area contributed by atoms with E-state index < -0.39 is 5.82 Å². The van der Waals surface area contributed by atoms with Crippen molar-refractivity contribution in [2.24, 2.45) is 5.73 Å². The molecular formula is C16H19FN2O. The fourth-order valence-electron chi connectivity index (χ4n) is 2.44. The summed E-state index contributed by atoms with van der Waals surface area (Å²) in [7, 11) is 0. The number of nitrogens with two attached hydrogens (primary N) is 1. The highest BCUT2D eigenvalue weighted by Gasteiger charge is 2.36. The van der Waals surface area contributed by atoms with Gasteiger partial charge in [-0.2, -0.15) is 0 Å². The number of rotatable bonds is 3. The molecule has 4 heteroatoms. The van der Waals surface area contributed by atoms with Crippen molar-refractivity contribution in [2.75, 3.05) is 6.54 Å². The van der Waals surface area contributed by atoms with Gasteiger partial charge in [-0.05, 0) is 43.9 Å². The van der Waals surface area contributed by atoms with Gasteiger partial charge in [-0.1, -0.05) is 18.8 Å². The molecule has 3 nitrogen and oxygen atoms in total. The van der Waals surface area contributed by atoms with E-state index in [0.29, 0.717) is 11.1 Å². The lowest BCUT2D eigenvalue weighted by Gasteiger charge is -2.42. The van der Waals surface area contributed by atoms with E-state index >= 15 is 0 Å². The summed E-state index contributed by atoms with van der Waals surface area (Å²) in [6.07, 6.45) is 4.04. The molecule has 1 aromatic carbocycles. The molecule has 20 heavy (non-hydrogen) atoms. The second-order valence-electron chi connectivity index (χ2n) is 5.14. The van der Waals surface area contributed by atoms with E-state index in [0.717, 1.165) is 25.7 Å². The van der Waals surface area contributed by atoms with Crippen molar-refractivity contribution in [1.29, 1.82) is 0 Å². The van der Waals surface area contributed by atoms with Crippen LogP contribution >= 0.6 is 0 Å². The number of hydrogen-bond donors (Lipinski definition) is 2. The lowest BCUT2D eigenvalue weighted by atomic mass is 9.74. The molecule has 106 valence electrons. The number of halogens is 1. The van der Waals surface area contributed by atoms with Gasteiger partial charge in [0.2, 0.25) is 0 Å². The van der Waals surface area contributed by atoms with E-state index in [4.69, 9.17) is 5.73 Å². The fourth-order valence-corrected chi connectivity index (χ4v) is 2.44.